The van der Waals surface area contributed by atoms with Gasteiger partial charge in [-0.25, -0.2) is 8.42 Å². The van der Waals surface area contributed by atoms with Crippen LogP contribution in [0, 0.1) is 0 Å². The van der Waals surface area contributed by atoms with Gasteiger partial charge in [0.05, 0.1) is 16.1 Å². The van der Waals surface area contributed by atoms with Crippen LogP contribution in [0.1, 0.15) is 0 Å². The zero-order chi connectivity index (χ0) is 18.1. The van der Waals surface area contributed by atoms with Crippen LogP contribution in [0.15, 0.2) is 64.5 Å². The Balaban J connectivity index is 2.01. The molecule has 1 saturated heterocycles. The molecule has 0 atom stereocenters. The summed E-state index contributed by atoms with van der Waals surface area (Å²) in [6.45, 7) is 3.43. The largest absolute Gasteiger partial charge is 0.384 e. The van der Waals surface area contributed by atoms with Crippen molar-refractivity contribution in [3.63, 3.8) is 0 Å². The van der Waals surface area contributed by atoms with Gasteiger partial charge < -0.3 is 19.9 Å². The van der Waals surface area contributed by atoms with Gasteiger partial charge in [0.25, 0.3) is 0 Å². The smallest absolute Gasteiger partial charge is 0.210 e. The molecule has 1 aliphatic rings. The summed E-state index contributed by atoms with van der Waals surface area (Å²) >= 11 is 0. The van der Waals surface area contributed by atoms with E-state index in [1.54, 1.807) is 31.3 Å². The highest BCUT2D eigenvalue weighted by Crippen LogP contribution is 2.41. The molecule has 0 amide bonds. The Kier molecular flexibility index (Phi) is 4.34. The van der Waals surface area contributed by atoms with E-state index in [9.17, 15) is 8.42 Å². The van der Waals surface area contributed by atoms with E-state index in [2.05, 4.69) is 15.5 Å². The predicted molar refractivity (Wildman–Crippen MR) is 104 cm³/mol. The maximum absolute atomic E-state index is 13.4. The molecule has 0 bridgehead atoms. The summed E-state index contributed by atoms with van der Waals surface area (Å²) in [4.78, 5) is 2.87. The number of nitrogens with zero attached hydrogens (tertiary/aromatic N) is 2. The van der Waals surface area contributed by atoms with Gasteiger partial charge in [-0.2, -0.15) is 0 Å². The standard InChI is InChI=1S/C19H22N4O2S/c1-20-17-18(26(24,25)15-7-3-2-4-8-15)16-9-5-6-12-23(16)19(17)22-13-10-21-11-14-22/h2-9,12,20-21H,10-11,13-14H2,1H3. The third kappa shape index (κ3) is 2.64. The lowest BCUT2D eigenvalue weighted by molar-refractivity contribution is 0.584. The number of piperazine rings is 1. The normalized spacial score (nSPS) is 15.3. The fraction of sp³-hybridized carbons (Fsp3) is 0.263. The zero-order valence-electron chi connectivity index (χ0n) is 14.6. The lowest BCUT2D eigenvalue weighted by atomic mass is 10.3. The Morgan fingerprint density at radius 3 is 2.38 bits per heavy atom. The van der Waals surface area contributed by atoms with Crippen molar-refractivity contribution >= 4 is 26.9 Å². The van der Waals surface area contributed by atoms with Crippen molar-refractivity contribution in [2.75, 3.05) is 43.4 Å². The van der Waals surface area contributed by atoms with Gasteiger partial charge in [0.15, 0.2) is 0 Å². The van der Waals surface area contributed by atoms with Crippen molar-refractivity contribution < 1.29 is 8.42 Å². The minimum atomic E-state index is -3.65. The van der Waals surface area contributed by atoms with E-state index in [0.29, 0.717) is 21.0 Å². The number of fused-ring (bicyclic) bond motifs is 1. The number of pyridine rings is 1. The molecule has 0 spiro atoms. The first-order chi connectivity index (χ1) is 12.6. The number of benzene rings is 1. The zero-order valence-corrected chi connectivity index (χ0v) is 15.5. The lowest BCUT2D eigenvalue weighted by Crippen LogP contribution is -2.44. The number of hydrogen-bond donors (Lipinski definition) is 2. The maximum atomic E-state index is 13.4. The molecule has 0 aliphatic carbocycles. The Morgan fingerprint density at radius 1 is 1.00 bits per heavy atom. The van der Waals surface area contributed by atoms with Crippen LogP contribution in [0.2, 0.25) is 0 Å². The second kappa shape index (κ2) is 6.66. The number of aromatic nitrogens is 1. The first-order valence-corrected chi connectivity index (χ1v) is 10.2. The van der Waals surface area contributed by atoms with Gasteiger partial charge >= 0.3 is 0 Å². The van der Waals surface area contributed by atoms with Crippen molar-refractivity contribution in [1.82, 2.24) is 9.72 Å². The molecule has 2 N–H and O–H groups in total. The highest BCUT2D eigenvalue weighted by atomic mass is 32.2. The molecule has 26 heavy (non-hydrogen) atoms. The third-order valence-corrected chi connectivity index (χ3v) is 6.60. The molecule has 0 saturated carbocycles. The highest BCUT2D eigenvalue weighted by Gasteiger charge is 2.31. The molecule has 136 valence electrons. The Hall–Kier alpha value is -2.51. The molecule has 1 aromatic carbocycles. The van der Waals surface area contributed by atoms with Gasteiger partial charge in [0.1, 0.15) is 10.7 Å². The second-order valence-electron chi connectivity index (χ2n) is 6.29. The SMILES string of the molecule is CNc1c(S(=O)(=O)c2ccccc2)c2ccccn2c1N1CCNCC1. The number of rotatable bonds is 4. The molecular weight excluding hydrogens is 348 g/mol. The van der Waals surface area contributed by atoms with Crippen LogP contribution in [0.4, 0.5) is 11.5 Å². The number of nitrogens with one attached hydrogen (secondary N) is 2. The summed E-state index contributed by atoms with van der Waals surface area (Å²) in [5.41, 5.74) is 1.34. The number of sulfone groups is 1. The van der Waals surface area contributed by atoms with Crippen LogP contribution >= 0.6 is 0 Å². The van der Waals surface area contributed by atoms with Gasteiger partial charge in [0.2, 0.25) is 9.84 Å². The molecule has 2 aromatic heterocycles. The average Bonchev–Trinajstić information content (AvgIpc) is 3.04. The van der Waals surface area contributed by atoms with Gasteiger partial charge in [-0.15, -0.1) is 0 Å². The summed E-state index contributed by atoms with van der Waals surface area (Å²) < 4.78 is 28.9. The lowest BCUT2D eigenvalue weighted by Gasteiger charge is -2.30. The first-order valence-electron chi connectivity index (χ1n) is 8.71. The molecule has 3 heterocycles. The van der Waals surface area contributed by atoms with E-state index < -0.39 is 9.84 Å². The summed E-state index contributed by atoms with van der Waals surface area (Å²) in [6.07, 6.45) is 1.93. The summed E-state index contributed by atoms with van der Waals surface area (Å²) in [5.74, 6) is 0.902. The Morgan fingerprint density at radius 2 is 1.69 bits per heavy atom. The van der Waals surface area contributed by atoms with E-state index in [4.69, 9.17) is 0 Å². The van der Waals surface area contributed by atoms with Gasteiger partial charge in [-0.3, -0.25) is 0 Å². The van der Waals surface area contributed by atoms with E-state index >= 15 is 0 Å². The fourth-order valence-electron chi connectivity index (χ4n) is 3.56. The number of hydrogen-bond acceptors (Lipinski definition) is 5. The molecular formula is C19H22N4O2S. The average molecular weight is 370 g/mol. The molecule has 1 fully saturated rings. The monoisotopic (exact) mass is 370 g/mol. The van der Waals surface area contributed by atoms with Gasteiger partial charge in [-0.05, 0) is 24.3 Å². The van der Waals surface area contributed by atoms with Crippen LogP contribution in [0.5, 0.6) is 0 Å². The van der Waals surface area contributed by atoms with Crippen LogP contribution in [0.3, 0.4) is 0 Å². The van der Waals surface area contributed by atoms with Crippen LogP contribution in [0.25, 0.3) is 5.52 Å². The second-order valence-corrected chi connectivity index (χ2v) is 8.17. The van der Waals surface area contributed by atoms with E-state index in [-0.39, 0.29) is 0 Å². The van der Waals surface area contributed by atoms with Crippen molar-refractivity contribution in [1.29, 1.82) is 0 Å². The Bertz CT molecular complexity index is 1020. The quantitative estimate of drug-likeness (QED) is 0.737. The minimum Gasteiger partial charge on any atom is -0.384 e. The Labute approximate surface area is 153 Å². The van der Waals surface area contributed by atoms with E-state index in [0.717, 1.165) is 32.0 Å². The van der Waals surface area contributed by atoms with Gasteiger partial charge in [-0.1, -0.05) is 24.3 Å². The van der Waals surface area contributed by atoms with Crippen LogP contribution < -0.4 is 15.5 Å². The van der Waals surface area contributed by atoms with Crippen LogP contribution in [-0.4, -0.2) is 46.0 Å². The van der Waals surface area contributed by atoms with E-state index in [1.807, 2.05) is 34.9 Å². The van der Waals surface area contributed by atoms with Crippen molar-refractivity contribution in [2.24, 2.45) is 0 Å². The summed E-state index contributed by atoms with van der Waals surface area (Å²) in [6, 6.07) is 14.3. The molecule has 4 rings (SSSR count). The fourth-order valence-corrected chi connectivity index (χ4v) is 5.22. The molecule has 0 unspecified atom stereocenters. The van der Waals surface area contributed by atoms with Crippen molar-refractivity contribution in [3.05, 3.63) is 54.7 Å². The van der Waals surface area contributed by atoms with E-state index in [1.165, 1.54) is 0 Å². The topological polar surface area (TPSA) is 65.8 Å². The van der Waals surface area contributed by atoms with Crippen molar-refractivity contribution in [3.8, 4) is 0 Å². The summed E-state index contributed by atoms with van der Waals surface area (Å²) in [7, 11) is -1.87. The van der Waals surface area contributed by atoms with Gasteiger partial charge in [0, 0.05) is 39.4 Å². The predicted octanol–water partition coefficient (Wildman–Crippen LogP) is 2.22. The van der Waals surface area contributed by atoms with Crippen LogP contribution in [-0.2, 0) is 9.84 Å². The minimum absolute atomic E-state index is 0.305. The summed E-state index contributed by atoms with van der Waals surface area (Å²) in [5, 5.41) is 6.51. The molecule has 1 aliphatic heterocycles. The molecule has 6 nitrogen and oxygen atoms in total. The molecule has 3 aromatic rings. The third-order valence-electron chi connectivity index (χ3n) is 4.76. The molecule has 0 radical (unpaired) electrons. The highest BCUT2D eigenvalue weighted by molar-refractivity contribution is 7.92. The molecule has 7 heteroatoms. The number of anilines is 2. The first kappa shape index (κ1) is 16.9. The van der Waals surface area contributed by atoms with Crippen molar-refractivity contribution in [2.45, 2.75) is 9.79 Å². The maximum Gasteiger partial charge on any atom is 0.210 e.